The second kappa shape index (κ2) is 9.52. The minimum absolute atomic E-state index is 0.0110. The van der Waals surface area contributed by atoms with Gasteiger partial charge >= 0.3 is 6.03 Å². The van der Waals surface area contributed by atoms with Crippen molar-refractivity contribution in [3.63, 3.8) is 0 Å². The van der Waals surface area contributed by atoms with Gasteiger partial charge in [0, 0.05) is 41.3 Å². The predicted molar refractivity (Wildman–Crippen MR) is 120 cm³/mol. The number of carbonyl (C=O) groups excluding carboxylic acids is 2. The number of rotatable bonds is 4. The van der Waals surface area contributed by atoms with Crippen molar-refractivity contribution in [3.05, 3.63) is 64.7 Å². The Morgan fingerprint density at radius 3 is 2.50 bits per heavy atom. The van der Waals surface area contributed by atoms with Crippen LogP contribution in [0.4, 0.5) is 10.5 Å². The lowest BCUT2D eigenvalue weighted by atomic mass is 9.89. The number of benzene rings is 2. The molecule has 30 heavy (non-hydrogen) atoms. The smallest absolute Gasteiger partial charge is 0.321 e. The van der Waals surface area contributed by atoms with Crippen LogP contribution >= 0.6 is 11.6 Å². The molecule has 0 unspecified atom stereocenters. The van der Waals surface area contributed by atoms with Gasteiger partial charge in [-0.25, -0.2) is 4.79 Å². The third kappa shape index (κ3) is 5.14. The van der Waals surface area contributed by atoms with Gasteiger partial charge in [0.05, 0.1) is 0 Å². The lowest BCUT2D eigenvalue weighted by molar-refractivity contribution is 0.0937. The van der Waals surface area contributed by atoms with E-state index in [1.807, 2.05) is 23.1 Å². The maximum absolute atomic E-state index is 12.7. The zero-order chi connectivity index (χ0) is 20.9. The van der Waals surface area contributed by atoms with Gasteiger partial charge in [-0.05, 0) is 67.6 Å². The first-order valence-corrected chi connectivity index (χ1v) is 11.2. The molecule has 5 nitrogen and oxygen atoms in total. The van der Waals surface area contributed by atoms with E-state index in [-0.39, 0.29) is 17.9 Å². The summed E-state index contributed by atoms with van der Waals surface area (Å²) in [6.45, 7) is 1.38. The van der Waals surface area contributed by atoms with Crippen LogP contribution in [0.1, 0.15) is 60.4 Å². The third-order valence-electron chi connectivity index (χ3n) is 6.11. The normalized spacial score (nSPS) is 19.5. The van der Waals surface area contributed by atoms with Gasteiger partial charge in [0.1, 0.15) is 0 Å². The number of likely N-dealkylation sites (tertiary alicyclic amines) is 1. The summed E-state index contributed by atoms with van der Waals surface area (Å²) in [5, 5.41) is 6.75. The highest BCUT2D eigenvalue weighted by atomic mass is 35.5. The van der Waals surface area contributed by atoms with Crippen molar-refractivity contribution in [2.24, 2.45) is 0 Å². The summed E-state index contributed by atoms with van der Waals surface area (Å²) in [6, 6.07) is 15.2. The molecule has 0 radical (unpaired) electrons. The fourth-order valence-electron chi connectivity index (χ4n) is 4.44. The summed E-state index contributed by atoms with van der Waals surface area (Å²) >= 11 is 5.91. The number of nitrogens with one attached hydrogen (secondary N) is 2. The largest absolute Gasteiger partial charge is 0.349 e. The highest BCUT2D eigenvalue weighted by Crippen LogP contribution is 2.28. The van der Waals surface area contributed by atoms with Gasteiger partial charge in [-0.2, -0.15) is 0 Å². The zero-order valence-corrected chi connectivity index (χ0v) is 17.8. The van der Waals surface area contributed by atoms with E-state index in [2.05, 4.69) is 16.7 Å². The van der Waals surface area contributed by atoms with Crippen LogP contribution in [0.2, 0.25) is 5.02 Å². The average molecular weight is 426 g/mol. The van der Waals surface area contributed by atoms with Crippen molar-refractivity contribution in [2.75, 3.05) is 18.4 Å². The van der Waals surface area contributed by atoms with Gasteiger partial charge in [-0.15, -0.1) is 0 Å². The Balaban J connectivity index is 1.39. The van der Waals surface area contributed by atoms with E-state index < -0.39 is 0 Å². The van der Waals surface area contributed by atoms with Crippen LogP contribution in [0, 0.1) is 0 Å². The second-order valence-corrected chi connectivity index (χ2v) is 8.74. The van der Waals surface area contributed by atoms with Crippen molar-refractivity contribution in [1.29, 1.82) is 0 Å². The molecule has 1 aliphatic carbocycles. The minimum atomic E-state index is -0.0999. The van der Waals surface area contributed by atoms with Gasteiger partial charge in [0.25, 0.3) is 5.91 Å². The van der Waals surface area contributed by atoms with E-state index in [0.29, 0.717) is 23.2 Å². The highest BCUT2D eigenvalue weighted by molar-refractivity contribution is 6.30. The number of carbonyl (C=O) groups is 2. The molecule has 0 spiro atoms. The Hall–Kier alpha value is -2.53. The first-order valence-electron chi connectivity index (χ1n) is 10.8. The van der Waals surface area contributed by atoms with Gasteiger partial charge in [-0.1, -0.05) is 36.6 Å². The molecule has 1 saturated carbocycles. The van der Waals surface area contributed by atoms with Crippen LogP contribution in [-0.4, -0.2) is 36.0 Å². The van der Waals surface area contributed by atoms with Crippen molar-refractivity contribution < 1.29 is 9.59 Å². The number of halogens is 1. The molecule has 1 heterocycles. The molecule has 2 N–H and O–H groups in total. The number of anilines is 1. The number of amides is 3. The maximum atomic E-state index is 12.7. The maximum Gasteiger partial charge on any atom is 0.321 e. The lowest BCUT2D eigenvalue weighted by Gasteiger charge is -2.33. The zero-order valence-electron chi connectivity index (χ0n) is 17.1. The molecule has 2 fully saturated rings. The lowest BCUT2D eigenvalue weighted by Crippen LogP contribution is -2.41. The number of hydrogen-bond acceptors (Lipinski definition) is 2. The molecule has 158 valence electrons. The number of urea groups is 1. The van der Waals surface area contributed by atoms with Gasteiger partial charge in [-0.3, -0.25) is 4.79 Å². The molecule has 1 saturated heterocycles. The number of nitrogens with zero attached hydrogens (tertiary/aromatic N) is 1. The molecular formula is C24H28ClN3O2. The summed E-state index contributed by atoms with van der Waals surface area (Å²) in [7, 11) is 0. The molecule has 3 amide bonds. The summed E-state index contributed by atoms with van der Waals surface area (Å²) in [4.78, 5) is 27.2. The Morgan fingerprint density at radius 2 is 1.73 bits per heavy atom. The molecule has 2 aliphatic rings. The second-order valence-electron chi connectivity index (χ2n) is 8.30. The van der Waals surface area contributed by atoms with E-state index >= 15 is 0 Å². The predicted octanol–water partition coefficient (Wildman–Crippen LogP) is 5.42. The highest BCUT2D eigenvalue weighted by Gasteiger charge is 2.26. The molecule has 2 aromatic rings. The van der Waals surface area contributed by atoms with Gasteiger partial charge in [0.15, 0.2) is 0 Å². The molecule has 2 aromatic carbocycles. The summed E-state index contributed by atoms with van der Waals surface area (Å²) in [5.74, 6) is 0.242. The third-order valence-corrected chi connectivity index (χ3v) is 6.37. The number of piperidine rings is 1. The first kappa shape index (κ1) is 20.7. The van der Waals surface area contributed by atoms with E-state index in [1.54, 1.807) is 24.3 Å². The van der Waals surface area contributed by atoms with Crippen molar-refractivity contribution in [1.82, 2.24) is 10.2 Å². The van der Waals surface area contributed by atoms with E-state index in [4.69, 9.17) is 11.6 Å². The molecule has 0 bridgehead atoms. The minimum Gasteiger partial charge on any atom is -0.349 e. The van der Waals surface area contributed by atoms with E-state index in [9.17, 15) is 9.59 Å². The van der Waals surface area contributed by atoms with Gasteiger partial charge in [0.2, 0.25) is 0 Å². The molecule has 0 aromatic heterocycles. The molecule has 4 rings (SSSR count). The summed E-state index contributed by atoms with van der Waals surface area (Å²) < 4.78 is 0. The summed E-state index contributed by atoms with van der Waals surface area (Å²) in [5.41, 5.74) is 2.57. The van der Waals surface area contributed by atoms with Crippen molar-refractivity contribution in [2.45, 2.75) is 50.5 Å². The fraction of sp³-hybridized carbons (Fsp3) is 0.417. The Morgan fingerprint density at radius 1 is 0.967 bits per heavy atom. The summed E-state index contributed by atoms with van der Waals surface area (Å²) in [6.07, 6.45) is 6.50. The monoisotopic (exact) mass is 425 g/mol. The quantitative estimate of drug-likeness (QED) is 0.686. The van der Waals surface area contributed by atoms with Crippen LogP contribution in [0.3, 0.4) is 0 Å². The van der Waals surface area contributed by atoms with E-state index in [0.717, 1.165) is 43.5 Å². The van der Waals surface area contributed by atoms with Crippen LogP contribution in [-0.2, 0) is 0 Å². The Labute approximate surface area is 182 Å². The number of hydrogen-bond donors (Lipinski definition) is 2. The Bertz CT molecular complexity index is 894. The average Bonchev–Trinajstić information content (AvgIpc) is 3.28. The molecule has 6 heteroatoms. The van der Waals surface area contributed by atoms with Crippen molar-refractivity contribution >= 4 is 29.2 Å². The van der Waals surface area contributed by atoms with Crippen molar-refractivity contribution in [3.8, 4) is 0 Å². The SMILES string of the molecule is O=C(NC1CCCC1)c1cccc([C@H]2CCCN(C(=O)Nc3ccc(Cl)cc3)C2)c1. The molecule has 1 aliphatic heterocycles. The van der Waals surface area contributed by atoms with E-state index in [1.165, 1.54) is 12.8 Å². The molecular weight excluding hydrogens is 398 g/mol. The molecule has 1 atom stereocenters. The standard InChI is InChI=1S/C24H28ClN3O2/c25-20-10-12-22(13-11-20)27-24(30)28-14-4-7-19(16-28)17-5-3-6-18(15-17)23(29)26-21-8-1-2-9-21/h3,5-6,10-13,15,19,21H,1-2,4,7-9,14,16H2,(H,26,29)(H,27,30)/t19-/m0/s1. The fourth-order valence-corrected chi connectivity index (χ4v) is 4.57. The first-order chi connectivity index (χ1) is 14.6. The topological polar surface area (TPSA) is 61.4 Å². The van der Waals surface area contributed by atoms with Crippen LogP contribution in [0.5, 0.6) is 0 Å². The Kier molecular flexibility index (Phi) is 6.58. The van der Waals surface area contributed by atoms with Gasteiger partial charge < -0.3 is 15.5 Å². The van der Waals surface area contributed by atoms with Crippen LogP contribution < -0.4 is 10.6 Å². The van der Waals surface area contributed by atoms with Crippen LogP contribution in [0.25, 0.3) is 0 Å². The van der Waals surface area contributed by atoms with Crippen LogP contribution in [0.15, 0.2) is 48.5 Å².